The predicted molar refractivity (Wildman–Crippen MR) is 112 cm³/mol. The van der Waals surface area contributed by atoms with Gasteiger partial charge in [0.15, 0.2) is 0 Å². The second-order valence-electron chi connectivity index (χ2n) is 6.95. The van der Waals surface area contributed by atoms with E-state index >= 15 is 0 Å². The van der Waals surface area contributed by atoms with E-state index in [-0.39, 0.29) is 27.8 Å². The van der Waals surface area contributed by atoms with E-state index in [4.69, 9.17) is 8.92 Å². The molecule has 0 radical (unpaired) electrons. The minimum Gasteiger partial charge on any atom is -0.379 e. The number of ether oxygens (including phenoxy) is 1. The smallest absolute Gasteiger partial charge is 0.339 e. The molecule has 1 aliphatic heterocycles. The standard InChI is InChI=1S/C20H21N3O8S/c1-14(20(25)22-9-11-30-12-10-22)21-19(24)15-5-7-17(8-6-15)31-32(28,29)18-4-2-3-16(13-18)23(26)27/h2-8,13-14H,9-12H2,1H3,(H,21,24). The molecule has 1 aliphatic rings. The number of benzene rings is 2. The van der Waals surface area contributed by atoms with E-state index in [2.05, 4.69) is 5.32 Å². The first-order valence-electron chi connectivity index (χ1n) is 9.64. The quantitative estimate of drug-likeness (QED) is 0.368. The first kappa shape index (κ1) is 23.2. The number of nitro groups is 1. The molecule has 1 fully saturated rings. The van der Waals surface area contributed by atoms with Crippen molar-refractivity contribution >= 4 is 27.6 Å². The van der Waals surface area contributed by atoms with Crippen molar-refractivity contribution < 1.29 is 31.9 Å². The van der Waals surface area contributed by atoms with Crippen molar-refractivity contribution in [2.75, 3.05) is 26.3 Å². The Labute approximate surface area is 184 Å². The monoisotopic (exact) mass is 463 g/mol. The number of hydrogen-bond acceptors (Lipinski definition) is 8. The van der Waals surface area contributed by atoms with Crippen molar-refractivity contribution in [2.24, 2.45) is 0 Å². The molecule has 11 nitrogen and oxygen atoms in total. The van der Waals surface area contributed by atoms with Crippen LogP contribution in [0.3, 0.4) is 0 Å². The zero-order chi connectivity index (χ0) is 23.3. The van der Waals surface area contributed by atoms with Crippen LogP contribution in [-0.4, -0.2) is 62.4 Å². The van der Waals surface area contributed by atoms with Gasteiger partial charge in [0.1, 0.15) is 16.7 Å². The lowest BCUT2D eigenvalue weighted by molar-refractivity contribution is -0.385. The zero-order valence-electron chi connectivity index (χ0n) is 17.1. The highest BCUT2D eigenvalue weighted by molar-refractivity contribution is 7.87. The van der Waals surface area contributed by atoms with Crippen LogP contribution in [0, 0.1) is 10.1 Å². The SMILES string of the molecule is CC(NC(=O)c1ccc(OS(=O)(=O)c2cccc([N+](=O)[O-])c2)cc1)C(=O)N1CCOCC1. The van der Waals surface area contributed by atoms with E-state index in [1.807, 2.05) is 0 Å². The third kappa shape index (κ3) is 5.59. The average Bonchev–Trinajstić information content (AvgIpc) is 2.79. The molecule has 12 heteroatoms. The maximum absolute atomic E-state index is 12.4. The summed E-state index contributed by atoms with van der Waals surface area (Å²) in [6.07, 6.45) is 0. The van der Waals surface area contributed by atoms with Crippen molar-refractivity contribution in [2.45, 2.75) is 17.9 Å². The molecule has 2 aromatic rings. The number of non-ortho nitro benzene ring substituents is 1. The number of nitrogens with one attached hydrogen (secondary N) is 1. The normalized spacial score (nSPS) is 15.0. The van der Waals surface area contributed by atoms with Crippen LogP contribution in [-0.2, 0) is 19.6 Å². The second-order valence-corrected chi connectivity index (χ2v) is 8.50. The molecule has 2 aromatic carbocycles. The van der Waals surface area contributed by atoms with Gasteiger partial charge in [-0.1, -0.05) is 6.07 Å². The minimum absolute atomic E-state index is 0.0782. The molecular formula is C20H21N3O8S. The molecule has 1 saturated heterocycles. The van der Waals surface area contributed by atoms with Crippen LogP contribution in [0.15, 0.2) is 53.4 Å². The second kappa shape index (κ2) is 9.75. The van der Waals surface area contributed by atoms with Gasteiger partial charge in [0.2, 0.25) is 5.91 Å². The van der Waals surface area contributed by atoms with Gasteiger partial charge in [-0.25, -0.2) is 0 Å². The van der Waals surface area contributed by atoms with Crippen LogP contribution in [0.25, 0.3) is 0 Å². The Kier molecular flexibility index (Phi) is 7.05. The number of rotatable bonds is 7. The molecule has 1 unspecified atom stereocenters. The third-order valence-electron chi connectivity index (χ3n) is 4.68. The first-order chi connectivity index (χ1) is 15.2. The minimum atomic E-state index is -4.31. The molecule has 1 N–H and O–H groups in total. The van der Waals surface area contributed by atoms with E-state index in [0.717, 1.165) is 12.1 Å². The summed E-state index contributed by atoms with van der Waals surface area (Å²) in [6.45, 7) is 3.41. The van der Waals surface area contributed by atoms with Crippen molar-refractivity contribution in [1.29, 1.82) is 0 Å². The van der Waals surface area contributed by atoms with E-state index in [1.165, 1.54) is 36.4 Å². The third-order valence-corrected chi connectivity index (χ3v) is 5.92. The van der Waals surface area contributed by atoms with Crippen LogP contribution in [0.1, 0.15) is 17.3 Å². The van der Waals surface area contributed by atoms with E-state index in [1.54, 1.807) is 11.8 Å². The van der Waals surface area contributed by atoms with E-state index in [0.29, 0.717) is 26.3 Å². The van der Waals surface area contributed by atoms with Crippen LogP contribution in [0.5, 0.6) is 5.75 Å². The summed E-state index contributed by atoms with van der Waals surface area (Å²) in [5.41, 5.74) is -0.186. The summed E-state index contributed by atoms with van der Waals surface area (Å²) < 4.78 is 35.0. The Bertz CT molecular complexity index is 1110. The van der Waals surface area contributed by atoms with Gasteiger partial charge in [-0.05, 0) is 37.3 Å². The Morgan fingerprint density at radius 1 is 1.16 bits per heavy atom. The molecule has 0 spiro atoms. The summed E-state index contributed by atoms with van der Waals surface area (Å²) in [4.78, 5) is 36.2. The van der Waals surface area contributed by atoms with Crippen LogP contribution in [0.4, 0.5) is 5.69 Å². The van der Waals surface area contributed by atoms with E-state index in [9.17, 15) is 28.1 Å². The number of carbonyl (C=O) groups is 2. The molecule has 1 heterocycles. The fourth-order valence-corrected chi connectivity index (χ4v) is 3.96. The Hall–Kier alpha value is -3.51. The van der Waals surface area contributed by atoms with E-state index < -0.39 is 27.0 Å². The van der Waals surface area contributed by atoms with Gasteiger partial charge in [0.25, 0.3) is 11.6 Å². The molecule has 0 aromatic heterocycles. The van der Waals surface area contributed by atoms with Crippen molar-refractivity contribution in [1.82, 2.24) is 10.2 Å². The van der Waals surface area contributed by atoms with Gasteiger partial charge in [-0.15, -0.1) is 0 Å². The number of nitro benzene ring substituents is 1. The summed E-state index contributed by atoms with van der Waals surface area (Å²) in [5, 5.41) is 13.5. The highest BCUT2D eigenvalue weighted by atomic mass is 32.2. The van der Waals surface area contributed by atoms with Crippen molar-refractivity contribution in [3.63, 3.8) is 0 Å². The highest BCUT2D eigenvalue weighted by Crippen LogP contribution is 2.22. The van der Waals surface area contributed by atoms with Crippen LogP contribution >= 0.6 is 0 Å². The molecule has 2 amide bonds. The number of hydrogen-bond donors (Lipinski definition) is 1. The topological polar surface area (TPSA) is 145 Å². The Morgan fingerprint density at radius 2 is 1.81 bits per heavy atom. The lowest BCUT2D eigenvalue weighted by atomic mass is 10.2. The number of nitrogens with zero attached hydrogens (tertiary/aromatic N) is 2. The predicted octanol–water partition coefficient (Wildman–Crippen LogP) is 1.34. The maximum Gasteiger partial charge on any atom is 0.339 e. The zero-order valence-corrected chi connectivity index (χ0v) is 17.9. The fourth-order valence-electron chi connectivity index (χ4n) is 2.99. The average molecular weight is 463 g/mol. The lowest BCUT2D eigenvalue weighted by Gasteiger charge is -2.29. The molecule has 0 bridgehead atoms. The fraction of sp³-hybridized carbons (Fsp3) is 0.300. The van der Waals surface area contributed by atoms with Gasteiger partial charge < -0.3 is 19.1 Å². The first-order valence-corrected chi connectivity index (χ1v) is 11.0. The molecular weight excluding hydrogens is 442 g/mol. The Balaban J connectivity index is 1.64. The summed E-state index contributed by atoms with van der Waals surface area (Å²) in [7, 11) is -4.31. The van der Waals surface area contributed by atoms with Gasteiger partial charge >= 0.3 is 10.1 Å². The van der Waals surface area contributed by atoms with Gasteiger partial charge in [0.05, 0.1) is 18.1 Å². The number of carbonyl (C=O) groups excluding carboxylic acids is 2. The summed E-state index contributed by atoms with van der Waals surface area (Å²) >= 11 is 0. The maximum atomic E-state index is 12.4. The number of morpholine rings is 1. The molecule has 0 saturated carbocycles. The molecule has 32 heavy (non-hydrogen) atoms. The van der Waals surface area contributed by atoms with Gasteiger partial charge in [0, 0.05) is 30.8 Å². The highest BCUT2D eigenvalue weighted by Gasteiger charge is 2.24. The van der Waals surface area contributed by atoms with Gasteiger partial charge in [-0.3, -0.25) is 19.7 Å². The van der Waals surface area contributed by atoms with Crippen LogP contribution in [0.2, 0.25) is 0 Å². The summed E-state index contributed by atoms with van der Waals surface area (Å²) in [5.74, 6) is -0.803. The van der Waals surface area contributed by atoms with Crippen molar-refractivity contribution in [3.05, 3.63) is 64.2 Å². The van der Waals surface area contributed by atoms with Gasteiger partial charge in [-0.2, -0.15) is 8.42 Å². The van der Waals surface area contributed by atoms with Crippen LogP contribution < -0.4 is 9.50 Å². The molecule has 3 rings (SSSR count). The lowest BCUT2D eigenvalue weighted by Crippen LogP contribution is -2.50. The summed E-state index contributed by atoms with van der Waals surface area (Å²) in [6, 6.07) is 8.97. The molecule has 170 valence electrons. The largest absolute Gasteiger partial charge is 0.379 e. The van der Waals surface area contributed by atoms with Crippen molar-refractivity contribution in [3.8, 4) is 5.75 Å². The Morgan fingerprint density at radius 3 is 2.44 bits per heavy atom. The number of amides is 2. The molecule has 0 aliphatic carbocycles. The molecule has 1 atom stereocenters.